The van der Waals surface area contributed by atoms with Gasteiger partial charge >= 0.3 is 0 Å². The van der Waals surface area contributed by atoms with E-state index in [-0.39, 0.29) is 30.5 Å². The van der Waals surface area contributed by atoms with E-state index in [0.29, 0.717) is 49.4 Å². The normalized spacial score (nSPS) is 22.9. The maximum absolute atomic E-state index is 12.2. The van der Waals surface area contributed by atoms with E-state index in [1.807, 2.05) is 13.0 Å². The van der Waals surface area contributed by atoms with Crippen LogP contribution in [0.3, 0.4) is 0 Å². The number of ether oxygens (including phenoxy) is 3. The van der Waals surface area contributed by atoms with Gasteiger partial charge in [-0.25, -0.2) is 0 Å². The molecule has 0 saturated carbocycles. The molecule has 0 radical (unpaired) electrons. The summed E-state index contributed by atoms with van der Waals surface area (Å²) >= 11 is 6.18. The molecule has 1 aromatic rings. The van der Waals surface area contributed by atoms with Crippen LogP contribution in [0.1, 0.15) is 12.5 Å². The lowest BCUT2D eigenvalue weighted by Gasteiger charge is -2.29. The molecule has 0 unspecified atom stereocenters. The molecule has 2 heterocycles. The molecule has 1 saturated heterocycles. The molecule has 1 fully saturated rings. The van der Waals surface area contributed by atoms with Gasteiger partial charge in [0, 0.05) is 13.1 Å². The molecule has 0 aromatic heterocycles. The summed E-state index contributed by atoms with van der Waals surface area (Å²) in [6, 6.07) is 3.29. The van der Waals surface area contributed by atoms with Gasteiger partial charge in [-0.2, -0.15) is 0 Å². The fraction of sp³-hybridized carbons (Fsp3) is 0.533. The van der Waals surface area contributed by atoms with Crippen molar-refractivity contribution in [1.82, 2.24) is 10.6 Å². The van der Waals surface area contributed by atoms with Crippen LogP contribution in [0, 0.1) is 0 Å². The molecule has 0 aliphatic carbocycles. The molecule has 0 bridgehead atoms. The zero-order valence-corrected chi connectivity index (χ0v) is 14.3. The molecule has 2 aliphatic heterocycles. The number of morpholine rings is 1. The van der Waals surface area contributed by atoms with Crippen molar-refractivity contribution in [3.05, 3.63) is 22.7 Å². The standard InChI is InChI=1S/C15H19ClN2O4.ClH/c1-9-13(17-2-3-20-9)15(19)18-8-10-6-11(16)14-12(7-10)21-4-5-22-14;/h6-7,9,13,17H,2-5,8H2,1H3,(H,18,19);1H/t9-,13+;/m1./s1. The first-order valence-corrected chi connectivity index (χ1v) is 7.73. The van der Waals surface area contributed by atoms with E-state index in [4.69, 9.17) is 25.8 Å². The Morgan fingerprint density at radius 1 is 1.35 bits per heavy atom. The van der Waals surface area contributed by atoms with Crippen LogP contribution < -0.4 is 20.1 Å². The van der Waals surface area contributed by atoms with Crippen molar-refractivity contribution in [2.75, 3.05) is 26.4 Å². The average molecular weight is 363 g/mol. The lowest BCUT2D eigenvalue weighted by Crippen LogP contribution is -2.55. The Labute approximate surface area is 146 Å². The van der Waals surface area contributed by atoms with Gasteiger partial charge in [0.05, 0.1) is 17.7 Å². The zero-order chi connectivity index (χ0) is 15.5. The van der Waals surface area contributed by atoms with E-state index in [2.05, 4.69) is 10.6 Å². The number of hydrogen-bond acceptors (Lipinski definition) is 5. The Kier molecular flexibility index (Phi) is 6.35. The average Bonchev–Trinajstić information content (AvgIpc) is 2.53. The molecular weight excluding hydrogens is 343 g/mol. The van der Waals surface area contributed by atoms with Crippen LogP contribution in [0.5, 0.6) is 11.5 Å². The van der Waals surface area contributed by atoms with Crippen LogP contribution in [0.2, 0.25) is 5.02 Å². The fourth-order valence-corrected chi connectivity index (χ4v) is 2.88. The first kappa shape index (κ1) is 18.1. The van der Waals surface area contributed by atoms with Crippen LogP contribution in [0.4, 0.5) is 0 Å². The van der Waals surface area contributed by atoms with E-state index in [1.165, 1.54) is 0 Å². The van der Waals surface area contributed by atoms with E-state index < -0.39 is 0 Å². The largest absolute Gasteiger partial charge is 0.486 e. The fourth-order valence-electron chi connectivity index (χ4n) is 2.59. The minimum absolute atomic E-state index is 0. The maximum atomic E-state index is 12.2. The first-order valence-electron chi connectivity index (χ1n) is 7.36. The highest BCUT2D eigenvalue weighted by Gasteiger charge is 2.28. The third-order valence-corrected chi connectivity index (χ3v) is 4.00. The lowest BCUT2D eigenvalue weighted by atomic mass is 10.1. The SMILES string of the molecule is C[C@H]1OCCN[C@@H]1C(=O)NCc1cc(Cl)c2c(c1)OCCO2.Cl. The third-order valence-electron chi connectivity index (χ3n) is 3.72. The highest BCUT2D eigenvalue weighted by molar-refractivity contribution is 6.32. The molecule has 8 heteroatoms. The van der Waals surface area contributed by atoms with E-state index in [0.717, 1.165) is 5.56 Å². The molecule has 2 aliphatic rings. The van der Waals surface area contributed by atoms with Crippen LogP contribution in [0.15, 0.2) is 12.1 Å². The zero-order valence-electron chi connectivity index (χ0n) is 12.8. The highest BCUT2D eigenvalue weighted by atomic mass is 35.5. The lowest BCUT2D eigenvalue weighted by molar-refractivity contribution is -0.129. The quantitative estimate of drug-likeness (QED) is 0.853. The van der Waals surface area contributed by atoms with Crippen molar-refractivity contribution in [2.24, 2.45) is 0 Å². The molecule has 1 aromatic carbocycles. The highest BCUT2D eigenvalue weighted by Crippen LogP contribution is 2.38. The predicted molar refractivity (Wildman–Crippen MR) is 88.7 cm³/mol. The Balaban J connectivity index is 0.00000192. The second-order valence-corrected chi connectivity index (χ2v) is 5.73. The number of benzene rings is 1. The topological polar surface area (TPSA) is 68.8 Å². The smallest absolute Gasteiger partial charge is 0.240 e. The second-order valence-electron chi connectivity index (χ2n) is 5.33. The summed E-state index contributed by atoms with van der Waals surface area (Å²) in [6.07, 6.45) is -0.141. The molecule has 2 atom stereocenters. The van der Waals surface area contributed by atoms with E-state index in [1.54, 1.807) is 6.07 Å². The molecule has 3 rings (SSSR count). The minimum atomic E-state index is -0.332. The molecule has 6 nitrogen and oxygen atoms in total. The van der Waals surface area contributed by atoms with Crippen molar-refractivity contribution >= 4 is 29.9 Å². The molecule has 1 amide bonds. The summed E-state index contributed by atoms with van der Waals surface area (Å²) in [5.41, 5.74) is 0.868. The van der Waals surface area contributed by atoms with Crippen molar-refractivity contribution in [3.63, 3.8) is 0 Å². The Morgan fingerprint density at radius 2 is 2.13 bits per heavy atom. The van der Waals surface area contributed by atoms with Gasteiger partial charge in [0.2, 0.25) is 5.91 Å². The van der Waals surface area contributed by atoms with Crippen LogP contribution in [0.25, 0.3) is 0 Å². The molecule has 2 N–H and O–H groups in total. The summed E-state index contributed by atoms with van der Waals surface area (Å²) in [5.74, 6) is 1.10. The van der Waals surface area contributed by atoms with Gasteiger partial charge in [0.1, 0.15) is 19.3 Å². The van der Waals surface area contributed by atoms with Crippen LogP contribution >= 0.6 is 24.0 Å². The van der Waals surface area contributed by atoms with Crippen LogP contribution in [-0.2, 0) is 16.1 Å². The molecular formula is C15H20Cl2N2O4. The number of carbonyl (C=O) groups excluding carboxylic acids is 1. The van der Waals surface area contributed by atoms with E-state index >= 15 is 0 Å². The number of amides is 1. The van der Waals surface area contributed by atoms with Gasteiger partial charge in [-0.3, -0.25) is 4.79 Å². The van der Waals surface area contributed by atoms with E-state index in [9.17, 15) is 4.79 Å². The van der Waals surface area contributed by atoms with Crippen molar-refractivity contribution in [1.29, 1.82) is 0 Å². The number of hydrogen-bond donors (Lipinski definition) is 2. The number of rotatable bonds is 3. The number of fused-ring (bicyclic) bond motifs is 1. The molecule has 23 heavy (non-hydrogen) atoms. The van der Waals surface area contributed by atoms with Crippen molar-refractivity contribution < 1.29 is 19.0 Å². The summed E-state index contributed by atoms with van der Waals surface area (Å²) < 4.78 is 16.5. The van der Waals surface area contributed by atoms with Gasteiger partial charge in [-0.1, -0.05) is 11.6 Å². The summed E-state index contributed by atoms with van der Waals surface area (Å²) in [5, 5.41) is 6.55. The Morgan fingerprint density at radius 3 is 2.91 bits per heavy atom. The number of nitrogens with one attached hydrogen (secondary N) is 2. The van der Waals surface area contributed by atoms with Gasteiger partial charge in [0.25, 0.3) is 0 Å². The summed E-state index contributed by atoms with van der Waals surface area (Å²) in [7, 11) is 0. The minimum Gasteiger partial charge on any atom is -0.486 e. The first-order chi connectivity index (χ1) is 10.6. The molecule has 0 spiro atoms. The van der Waals surface area contributed by atoms with Crippen LogP contribution in [-0.4, -0.2) is 44.4 Å². The van der Waals surface area contributed by atoms with Crippen molar-refractivity contribution in [3.8, 4) is 11.5 Å². The monoisotopic (exact) mass is 362 g/mol. The Bertz CT molecular complexity index is 571. The Hall–Kier alpha value is -1.21. The van der Waals surface area contributed by atoms with Gasteiger partial charge < -0.3 is 24.8 Å². The number of halogens is 2. The molecule has 128 valence electrons. The number of carbonyl (C=O) groups is 1. The summed E-state index contributed by atoms with van der Waals surface area (Å²) in [6.45, 7) is 4.56. The van der Waals surface area contributed by atoms with Gasteiger partial charge in [-0.05, 0) is 24.6 Å². The van der Waals surface area contributed by atoms with Crippen molar-refractivity contribution in [2.45, 2.75) is 25.6 Å². The second kappa shape index (κ2) is 8.06. The maximum Gasteiger partial charge on any atom is 0.240 e. The van der Waals surface area contributed by atoms with Gasteiger partial charge in [0.15, 0.2) is 11.5 Å². The third kappa shape index (κ3) is 4.20. The van der Waals surface area contributed by atoms with Gasteiger partial charge in [-0.15, -0.1) is 12.4 Å². The predicted octanol–water partition coefficient (Wildman–Crippen LogP) is 1.53. The summed E-state index contributed by atoms with van der Waals surface area (Å²) in [4.78, 5) is 12.2.